The second-order valence-electron chi connectivity index (χ2n) is 3.19. The number of halogens is 2. The molecule has 0 amide bonds. The average molecular weight is 246 g/mol. The number of esters is 1. The van der Waals surface area contributed by atoms with E-state index >= 15 is 0 Å². The normalized spacial score (nSPS) is 10.0. The Labute approximate surface area is 97.1 Å². The van der Waals surface area contributed by atoms with Crippen molar-refractivity contribution in [3.8, 4) is 11.5 Å². The maximum atomic E-state index is 13.7. The number of ether oxygens (including phenoxy) is 3. The molecule has 0 aliphatic rings. The molecule has 1 aromatic carbocycles. The lowest BCUT2D eigenvalue weighted by Gasteiger charge is -2.15. The molecule has 0 unspecified atom stereocenters. The summed E-state index contributed by atoms with van der Waals surface area (Å²) < 4.78 is 41.4. The van der Waals surface area contributed by atoms with Crippen LogP contribution in [0.5, 0.6) is 11.5 Å². The van der Waals surface area contributed by atoms with Crippen LogP contribution in [0.1, 0.15) is 15.9 Å². The van der Waals surface area contributed by atoms with E-state index < -0.39 is 34.7 Å². The minimum absolute atomic E-state index is 0.286. The highest BCUT2D eigenvalue weighted by molar-refractivity contribution is 5.96. The van der Waals surface area contributed by atoms with Crippen molar-refractivity contribution < 1.29 is 27.8 Å². The van der Waals surface area contributed by atoms with Gasteiger partial charge in [0.25, 0.3) is 0 Å². The Balaban J connectivity index is 3.69. The van der Waals surface area contributed by atoms with Gasteiger partial charge in [0.1, 0.15) is 5.56 Å². The highest BCUT2D eigenvalue weighted by Crippen LogP contribution is 2.37. The summed E-state index contributed by atoms with van der Waals surface area (Å²) >= 11 is 0. The van der Waals surface area contributed by atoms with Crippen molar-refractivity contribution in [2.75, 3.05) is 21.3 Å². The highest BCUT2D eigenvalue weighted by atomic mass is 19.1. The fourth-order valence-electron chi connectivity index (χ4n) is 1.43. The number of rotatable bonds is 3. The van der Waals surface area contributed by atoms with Crippen molar-refractivity contribution in [2.45, 2.75) is 6.92 Å². The number of hydrogen-bond donors (Lipinski definition) is 0. The standard InChI is InChI=1S/C11H12F2O4/c1-5-7(12)9(15-2)6(11(14)17-4)10(16-3)8(5)13/h1-4H3. The SMILES string of the molecule is COC(=O)c1c(OC)c(F)c(C)c(F)c1OC. The van der Waals surface area contributed by atoms with E-state index in [0.717, 1.165) is 7.11 Å². The summed E-state index contributed by atoms with van der Waals surface area (Å²) in [5, 5.41) is 0. The van der Waals surface area contributed by atoms with Crippen LogP contribution in [0.3, 0.4) is 0 Å². The lowest BCUT2D eigenvalue weighted by Crippen LogP contribution is -2.11. The van der Waals surface area contributed by atoms with Crippen LogP contribution in [-0.4, -0.2) is 27.3 Å². The van der Waals surface area contributed by atoms with Gasteiger partial charge in [-0.2, -0.15) is 0 Å². The molecule has 1 aromatic rings. The summed E-state index contributed by atoms with van der Waals surface area (Å²) in [6.45, 7) is 1.22. The highest BCUT2D eigenvalue weighted by Gasteiger charge is 2.29. The largest absolute Gasteiger partial charge is 0.493 e. The maximum Gasteiger partial charge on any atom is 0.345 e. The molecule has 0 saturated heterocycles. The van der Waals surface area contributed by atoms with Crippen LogP contribution in [0.15, 0.2) is 0 Å². The molecule has 0 radical (unpaired) electrons. The zero-order valence-electron chi connectivity index (χ0n) is 9.89. The molecule has 0 fully saturated rings. The second-order valence-corrected chi connectivity index (χ2v) is 3.19. The van der Waals surface area contributed by atoms with Gasteiger partial charge in [0.05, 0.1) is 21.3 Å². The molecule has 0 aliphatic carbocycles. The number of carbonyl (C=O) groups excluding carboxylic acids is 1. The van der Waals surface area contributed by atoms with E-state index in [1.54, 1.807) is 0 Å². The first-order valence-corrected chi connectivity index (χ1v) is 4.67. The van der Waals surface area contributed by atoms with Crippen molar-refractivity contribution in [3.05, 3.63) is 22.8 Å². The molecular formula is C11H12F2O4. The molecule has 17 heavy (non-hydrogen) atoms. The Morgan fingerprint density at radius 3 is 1.71 bits per heavy atom. The van der Waals surface area contributed by atoms with Crippen LogP contribution in [-0.2, 0) is 4.74 Å². The first kappa shape index (κ1) is 13.2. The molecule has 0 heterocycles. The summed E-state index contributed by atoms with van der Waals surface area (Å²) in [6.07, 6.45) is 0. The third kappa shape index (κ3) is 2.02. The van der Waals surface area contributed by atoms with Gasteiger partial charge >= 0.3 is 5.97 Å². The third-order valence-electron chi connectivity index (χ3n) is 2.31. The molecule has 0 bridgehead atoms. The van der Waals surface area contributed by atoms with Crippen LogP contribution in [0.25, 0.3) is 0 Å². The fourth-order valence-corrected chi connectivity index (χ4v) is 1.43. The van der Waals surface area contributed by atoms with E-state index in [4.69, 9.17) is 9.47 Å². The van der Waals surface area contributed by atoms with Crippen LogP contribution >= 0.6 is 0 Å². The number of benzene rings is 1. The van der Waals surface area contributed by atoms with Crippen molar-refractivity contribution >= 4 is 5.97 Å². The van der Waals surface area contributed by atoms with Gasteiger partial charge in [-0.05, 0) is 6.92 Å². The van der Waals surface area contributed by atoms with Crippen molar-refractivity contribution in [2.24, 2.45) is 0 Å². The van der Waals surface area contributed by atoms with Crippen LogP contribution in [0, 0.1) is 18.6 Å². The van der Waals surface area contributed by atoms with Gasteiger partial charge in [0.2, 0.25) is 0 Å². The molecule has 0 aliphatic heterocycles. The fraction of sp³-hybridized carbons (Fsp3) is 0.364. The quantitative estimate of drug-likeness (QED) is 0.766. The van der Waals surface area contributed by atoms with Crippen LogP contribution in [0.4, 0.5) is 8.78 Å². The topological polar surface area (TPSA) is 44.8 Å². The predicted octanol–water partition coefficient (Wildman–Crippen LogP) is 2.08. The third-order valence-corrected chi connectivity index (χ3v) is 2.31. The minimum atomic E-state index is -0.953. The van der Waals surface area contributed by atoms with E-state index in [0.29, 0.717) is 0 Å². The van der Waals surface area contributed by atoms with E-state index in [1.807, 2.05) is 0 Å². The maximum absolute atomic E-state index is 13.7. The van der Waals surface area contributed by atoms with Gasteiger partial charge in [-0.15, -0.1) is 0 Å². The van der Waals surface area contributed by atoms with Crippen molar-refractivity contribution in [3.63, 3.8) is 0 Å². The lowest BCUT2D eigenvalue weighted by molar-refractivity contribution is 0.0591. The number of methoxy groups -OCH3 is 3. The Bertz CT molecular complexity index is 426. The molecule has 0 atom stereocenters. The first-order chi connectivity index (χ1) is 7.99. The van der Waals surface area contributed by atoms with E-state index in [9.17, 15) is 13.6 Å². The zero-order valence-corrected chi connectivity index (χ0v) is 9.89. The minimum Gasteiger partial charge on any atom is -0.493 e. The van der Waals surface area contributed by atoms with Gasteiger partial charge in [-0.3, -0.25) is 0 Å². The van der Waals surface area contributed by atoms with E-state index in [2.05, 4.69) is 4.74 Å². The number of carbonyl (C=O) groups is 1. The number of hydrogen-bond acceptors (Lipinski definition) is 4. The molecular weight excluding hydrogens is 234 g/mol. The first-order valence-electron chi connectivity index (χ1n) is 4.67. The monoisotopic (exact) mass is 246 g/mol. The van der Waals surface area contributed by atoms with Gasteiger partial charge in [0.15, 0.2) is 23.1 Å². The smallest absolute Gasteiger partial charge is 0.345 e. The Kier molecular flexibility index (Phi) is 3.88. The lowest BCUT2D eigenvalue weighted by atomic mass is 10.1. The summed E-state index contributed by atoms with van der Waals surface area (Å²) in [5.74, 6) is -3.63. The molecule has 6 heteroatoms. The van der Waals surface area contributed by atoms with Gasteiger partial charge in [-0.1, -0.05) is 0 Å². The predicted molar refractivity (Wildman–Crippen MR) is 55.5 cm³/mol. The summed E-state index contributed by atoms with van der Waals surface area (Å²) in [7, 11) is 3.43. The summed E-state index contributed by atoms with van der Waals surface area (Å²) in [6, 6.07) is 0. The van der Waals surface area contributed by atoms with Crippen molar-refractivity contribution in [1.82, 2.24) is 0 Å². The molecule has 1 rings (SSSR count). The Morgan fingerprint density at radius 2 is 1.41 bits per heavy atom. The zero-order chi connectivity index (χ0) is 13.2. The molecule has 0 N–H and O–H groups in total. The van der Waals surface area contributed by atoms with Gasteiger partial charge < -0.3 is 14.2 Å². The molecule has 0 spiro atoms. The Morgan fingerprint density at radius 1 is 1.00 bits per heavy atom. The van der Waals surface area contributed by atoms with Crippen LogP contribution < -0.4 is 9.47 Å². The molecule has 0 aromatic heterocycles. The van der Waals surface area contributed by atoms with E-state index in [1.165, 1.54) is 21.1 Å². The van der Waals surface area contributed by atoms with Crippen LogP contribution in [0.2, 0.25) is 0 Å². The molecule has 4 nitrogen and oxygen atoms in total. The summed E-state index contributed by atoms with van der Waals surface area (Å²) in [5.41, 5.74) is -0.690. The second kappa shape index (κ2) is 4.99. The molecule has 0 saturated carbocycles. The van der Waals surface area contributed by atoms with Gasteiger partial charge in [0, 0.05) is 5.56 Å². The van der Waals surface area contributed by atoms with Crippen molar-refractivity contribution in [1.29, 1.82) is 0 Å². The Hall–Kier alpha value is -1.85. The van der Waals surface area contributed by atoms with Gasteiger partial charge in [-0.25, -0.2) is 13.6 Å². The average Bonchev–Trinajstić information content (AvgIpc) is 2.34. The summed E-state index contributed by atoms with van der Waals surface area (Å²) in [4.78, 5) is 11.5. The molecule has 94 valence electrons. The van der Waals surface area contributed by atoms with E-state index in [-0.39, 0.29) is 5.56 Å².